The Bertz CT molecular complexity index is 1460. The third kappa shape index (κ3) is 4.74. The minimum Gasteiger partial charge on any atom is -0.391 e. The highest BCUT2D eigenvalue weighted by molar-refractivity contribution is 6.06. The number of benzene rings is 2. The first kappa shape index (κ1) is 24.2. The number of carbonyl (C=O) groups is 1. The molecule has 0 spiro atoms. The van der Waals surface area contributed by atoms with Crippen molar-refractivity contribution in [3.05, 3.63) is 84.4 Å². The maximum absolute atomic E-state index is 12.7. The van der Waals surface area contributed by atoms with Crippen LogP contribution in [-0.2, 0) is 25.7 Å². The van der Waals surface area contributed by atoms with Crippen LogP contribution in [0, 0.1) is 0 Å². The van der Waals surface area contributed by atoms with E-state index in [1.54, 1.807) is 41.4 Å². The second-order valence-corrected chi connectivity index (χ2v) is 9.44. The van der Waals surface area contributed by atoms with Crippen LogP contribution in [0.2, 0.25) is 0 Å². The first-order valence-corrected chi connectivity index (χ1v) is 12.2. The molecule has 2 aromatic carbocycles. The Balaban J connectivity index is 1.23. The third-order valence-corrected chi connectivity index (χ3v) is 6.32. The van der Waals surface area contributed by atoms with Gasteiger partial charge in [0.05, 0.1) is 12.5 Å². The zero-order chi connectivity index (χ0) is 26.1. The zero-order valence-electron chi connectivity index (χ0n) is 20.8. The number of amides is 1. The van der Waals surface area contributed by atoms with Crippen LogP contribution in [-0.4, -0.2) is 55.7 Å². The Labute approximate surface area is 218 Å². The van der Waals surface area contributed by atoms with Crippen LogP contribution >= 0.6 is 0 Å². The van der Waals surface area contributed by atoms with Gasteiger partial charge in [-0.05, 0) is 31.5 Å². The largest absolute Gasteiger partial charge is 0.391 e. The normalized spacial score (nSPS) is 24.1. The van der Waals surface area contributed by atoms with Crippen LogP contribution in [0.4, 0.5) is 5.82 Å². The molecule has 0 radical (unpaired) electrons. The number of hydrogen-bond acceptors (Lipinski definition) is 9. The van der Waals surface area contributed by atoms with E-state index in [1.807, 2.05) is 50.2 Å². The molecule has 2 aliphatic rings. The van der Waals surface area contributed by atoms with Crippen molar-refractivity contribution in [3.63, 3.8) is 0 Å². The predicted octanol–water partition coefficient (Wildman–Crippen LogP) is 3.70. The van der Waals surface area contributed by atoms with Gasteiger partial charge in [0, 0.05) is 5.56 Å². The summed E-state index contributed by atoms with van der Waals surface area (Å²) in [5, 5.41) is 6.95. The predicted molar refractivity (Wildman–Crippen MR) is 137 cm³/mol. The van der Waals surface area contributed by atoms with Crippen molar-refractivity contribution in [2.45, 2.75) is 50.8 Å². The van der Waals surface area contributed by atoms with Crippen molar-refractivity contribution in [1.82, 2.24) is 19.5 Å². The molecule has 4 atom stereocenters. The number of oxime groups is 1. The quantitative estimate of drug-likeness (QED) is 0.293. The molecule has 11 heteroatoms. The molecule has 2 aromatic heterocycles. The number of aromatic nitrogens is 4. The summed E-state index contributed by atoms with van der Waals surface area (Å²) in [6, 6.07) is 18.7. The third-order valence-electron chi connectivity index (χ3n) is 6.32. The SMILES string of the molecule is CC1(C)O[C@@H]2[C@H](O1)[C@@H](/C=N/OCc1ccccc1)O[C@H]2n1cnc2c(NC(=O)c3ccccc3)ncnc21. The Kier molecular flexibility index (Phi) is 6.32. The van der Waals surface area contributed by atoms with E-state index in [1.165, 1.54) is 6.33 Å². The summed E-state index contributed by atoms with van der Waals surface area (Å²) in [5.74, 6) is -0.805. The molecule has 0 bridgehead atoms. The number of fused-ring (bicyclic) bond motifs is 2. The number of ether oxygens (including phenoxy) is 3. The van der Waals surface area contributed by atoms with E-state index in [9.17, 15) is 4.79 Å². The Morgan fingerprint density at radius 3 is 2.58 bits per heavy atom. The summed E-state index contributed by atoms with van der Waals surface area (Å²) in [5.41, 5.74) is 2.43. The molecule has 4 heterocycles. The van der Waals surface area contributed by atoms with Crippen molar-refractivity contribution in [3.8, 4) is 0 Å². The van der Waals surface area contributed by atoms with Crippen LogP contribution in [0.1, 0.15) is 36.0 Å². The lowest BCUT2D eigenvalue weighted by atomic mass is 10.1. The molecule has 2 aliphatic heterocycles. The van der Waals surface area contributed by atoms with Crippen LogP contribution in [0.15, 0.2) is 78.5 Å². The maximum Gasteiger partial charge on any atom is 0.256 e. The van der Waals surface area contributed by atoms with Gasteiger partial charge in [0.1, 0.15) is 31.2 Å². The molecule has 0 unspecified atom stereocenters. The van der Waals surface area contributed by atoms with Gasteiger partial charge in [-0.3, -0.25) is 9.36 Å². The van der Waals surface area contributed by atoms with Crippen LogP contribution < -0.4 is 5.32 Å². The fourth-order valence-corrected chi connectivity index (χ4v) is 4.64. The van der Waals surface area contributed by atoms with Gasteiger partial charge in [-0.1, -0.05) is 53.7 Å². The van der Waals surface area contributed by atoms with Gasteiger partial charge in [-0.15, -0.1) is 0 Å². The van der Waals surface area contributed by atoms with Gasteiger partial charge < -0.3 is 24.4 Å². The highest BCUT2D eigenvalue weighted by atomic mass is 16.8. The summed E-state index contributed by atoms with van der Waals surface area (Å²) >= 11 is 0. The standard InChI is InChI=1S/C27H26N6O5/c1-27(2)37-21-19(13-31-35-14-17-9-5-3-6-10-17)36-26(22(21)38-27)33-16-30-20-23(28-15-29-24(20)33)32-25(34)18-11-7-4-8-12-18/h3-13,15-16,19,21-22,26H,14H2,1-2H3,(H,28,29,32,34)/b31-13+/t19-,21-,22-,26-/m1/s1. The van der Waals surface area contributed by atoms with Gasteiger partial charge in [-0.25, -0.2) is 15.0 Å². The fourth-order valence-electron chi connectivity index (χ4n) is 4.64. The number of anilines is 1. The van der Waals surface area contributed by atoms with Crippen molar-refractivity contribution in [1.29, 1.82) is 0 Å². The van der Waals surface area contributed by atoms with Crippen molar-refractivity contribution < 1.29 is 23.8 Å². The van der Waals surface area contributed by atoms with Crippen molar-refractivity contribution >= 4 is 29.1 Å². The molecule has 38 heavy (non-hydrogen) atoms. The lowest BCUT2D eigenvalue weighted by molar-refractivity contribution is -0.188. The zero-order valence-corrected chi connectivity index (χ0v) is 20.8. The smallest absolute Gasteiger partial charge is 0.256 e. The monoisotopic (exact) mass is 514 g/mol. The molecular formula is C27H26N6O5. The summed E-state index contributed by atoms with van der Waals surface area (Å²) in [7, 11) is 0. The van der Waals surface area contributed by atoms with Crippen LogP contribution in [0.25, 0.3) is 11.2 Å². The maximum atomic E-state index is 12.7. The van der Waals surface area contributed by atoms with Gasteiger partial charge in [0.25, 0.3) is 5.91 Å². The summed E-state index contributed by atoms with van der Waals surface area (Å²) in [4.78, 5) is 31.3. The van der Waals surface area contributed by atoms with Gasteiger partial charge in [-0.2, -0.15) is 0 Å². The second kappa shape index (κ2) is 9.93. The molecule has 2 saturated heterocycles. The first-order chi connectivity index (χ1) is 18.5. The molecule has 2 fully saturated rings. The highest BCUT2D eigenvalue weighted by Gasteiger charge is 2.56. The summed E-state index contributed by atoms with van der Waals surface area (Å²) in [6.45, 7) is 4.05. The minimum absolute atomic E-state index is 0.293. The molecule has 1 amide bonds. The van der Waals surface area contributed by atoms with E-state index >= 15 is 0 Å². The summed E-state index contributed by atoms with van der Waals surface area (Å²) in [6.07, 6.45) is 2.55. The van der Waals surface area contributed by atoms with E-state index < -0.39 is 30.3 Å². The molecule has 0 aliphatic carbocycles. The fraction of sp³-hybridized carbons (Fsp3) is 0.296. The van der Waals surface area contributed by atoms with Gasteiger partial charge >= 0.3 is 0 Å². The molecule has 1 N–H and O–H groups in total. The van der Waals surface area contributed by atoms with E-state index in [4.69, 9.17) is 19.0 Å². The topological polar surface area (TPSA) is 122 Å². The molecule has 194 valence electrons. The van der Waals surface area contributed by atoms with E-state index in [-0.39, 0.29) is 5.91 Å². The number of carbonyl (C=O) groups excluding carboxylic acids is 1. The molecule has 6 rings (SSSR count). The number of nitrogens with one attached hydrogen (secondary N) is 1. The minimum atomic E-state index is -0.811. The van der Waals surface area contributed by atoms with Crippen molar-refractivity contribution in [2.75, 3.05) is 5.32 Å². The number of rotatable bonds is 7. The van der Waals surface area contributed by atoms with E-state index in [0.29, 0.717) is 29.2 Å². The average molecular weight is 515 g/mol. The second-order valence-electron chi connectivity index (χ2n) is 9.44. The number of imidazole rings is 1. The summed E-state index contributed by atoms with van der Waals surface area (Å²) < 4.78 is 20.4. The lowest BCUT2D eigenvalue weighted by Gasteiger charge is -2.23. The van der Waals surface area contributed by atoms with E-state index in [0.717, 1.165) is 5.56 Å². The molecule has 11 nitrogen and oxygen atoms in total. The number of nitrogens with zero attached hydrogens (tertiary/aromatic N) is 5. The van der Waals surface area contributed by atoms with Crippen LogP contribution in [0.3, 0.4) is 0 Å². The van der Waals surface area contributed by atoms with E-state index in [2.05, 4.69) is 25.4 Å². The Hall–Kier alpha value is -4.19. The average Bonchev–Trinajstić information content (AvgIpc) is 3.59. The Morgan fingerprint density at radius 2 is 1.79 bits per heavy atom. The van der Waals surface area contributed by atoms with Gasteiger partial charge in [0.2, 0.25) is 0 Å². The first-order valence-electron chi connectivity index (χ1n) is 12.2. The molecular weight excluding hydrogens is 488 g/mol. The highest BCUT2D eigenvalue weighted by Crippen LogP contribution is 2.43. The lowest BCUT2D eigenvalue weighted by Crippen LogP contribution is -2.30. The van der Waals surface area contributed by atoms with Gasteiger partial charge in [0.15, 0.2) is 29.0 Å². The van der Waals surface area contributed by atoms with Crippen molar-refractivity contribution in [2.24, 2.45) is 5.16 Å². The molecule has 4 aromatic rings. The Morgan fingerprint density at radius 1 is 1.05 bits per heavy atom. The van der Waals surface area contributed by atoms with Crippen LogP contribution in [0.5, 0.6) is 0 Å². The number of hydrogen-bond donors (Lipinski definition) is 1. The molecule has 0 saturated carbocycles.